The maximum atomic E-state index is 13.2. The molecule has 0 radical (unpaired) electrons. The standard InChI is InChI=1S/C23H20BrNO2/c1-23(2)11-16-21(17(26)12-23)22(18-9-10-19(24)27-18)20-14-6-4-3-5-13(14)7-8-15(20)25-16/h3-10,22,25H,11-12H2,1-2H3. The van der Waals surface area contributed by atoms with E-state index in [0.29, 0.717) is 11.1 Å². The van der Waals surface area contributed by atoms with Crippen molar-refractivity contribution < 1.29 is 9.21 Å². The summed E-state index contributed by atoms with van der Waals surface area (Å²) in [5.74, 6) is 0.837. The summed E-state index contributed by atoms with van der Waals surface area (Å²) in [6.45, 7) is 4.31. The number of allylic oxidation sites excluding steroid dienone is 2. The van der Waals surface area contributed by atoms with Gasteiger partial charge in [0.25, 0.3) is 0 Å². The average Bonchev–Trinajstić information content (AvgIpc) is 3.04. The zero-order valence-corrected chi connectivity index (χ0v) is 16.9. The van der Waals surface area contributed by atoms with Gasteiger partial charge in [-0.3, -0.25) is 4.79 Å². The van der Waals surface area contributed by atoms with Crippen LogP contribution in [0.1, 0.15) is 43.9 Å². The number of hydrogen-bond donors (Lipinski definition) is 1. The lowest BCUT2D eigenvalue weighted by molar-refractivity contribution is -0.118. The predicted octanol–water partition coefficient (Wildman–Crippen LogP) is 6.40. The number of Topliss-reactive ketones (excluding diaryl/α,β-unsaturated/α-hetero) is 1. The van der Waals surface area contributed by atoms with Crippen molar-refractivity contribution in [2.24, 2.45) is 5.41 Å². The summed E-state index contributed by atoms with van der Waals surface area (Å²) >= 11 is 3.43. The molecule has 0 amide bonds. The van der Waals surface area contributed by atoms with E-state index in [9.17, 15) is 4.79 Å². The number of carbonyl (C=O) groups is 1. The number of fused-ring (bicyclic) bond motifs is 3. The fourth-order valence-corrected chi connectivity index (χ4v) is 4.89. The SMILES string of the molecule is CC1(C)CC(=O)C2=C(C1)Nc1ccc3ccccc3c1C2c1ccc(Br)o1. The molecule has 2 heterocycles. The summed E-state index contributed by atoms with van der Waals surface area (Å²) in [7, 11) is 0. The maximum Gasteiger partial charge on any atom is 0.169 e. The van der Waals surface area contributed by atoms with E-state index in [1.54, 1.807) is 0 Å². The Labute approximate surface area is 166 Å². The Bertz CT molecular complexity index is 1120. The summed E-state index contributed by atoms with van der Waals surface area (Å²) in [4.78, 5) is 13.2. The highest BCUT2D eigenvalue weighted by molar-refractivity contribution is 9.10. The van der Waals surface area contributed by atoms with Crippen molar-refractivity contribution in [3.05, 3.63) is 75.8 Å². The van der Waals surface area contributed by atoms with Gasteiger partial charge in [-0.2, -0.15) is 0 Å². The highest BCUT2D eigenvalue weighted by Crippen LogP contribution is 2.51. The molecule has 5 rings (SSSR count). The quantitative estimate of drug-likeness (QED) is 0.494. The predicted molar refractivity (Wildman–Crippen MR) is 111 cm³/mol. The molecule has 0 spiro atoms. The summed E-state index contributed by atoms with van der Waals surface area (Å²) in [5, 5.41) is 5.91. The molecule has 1 aliphatic carbocycles. The minimum Gasteiger partial charge on any atom is -0.453 e. The van der Waals surface area contributed by atoms with E-state index < -0.39 is 0 Å². The second-order valence-electron chi connectivity index (χ2n) is 8.28. The monoisotopic (exact) mass is 421 g/mol. The zero-order valence-electron chi connectivity index (χ0n) is 15.3. The van der Waals surface area contributed by atoms with Crippen LogP contribution in [0.3, 0.4) is 0 Å². The lowest BCUT2D eigenvalue weighted by Gasteiger charge is -2.39. The van der Waals surface area contributed by atoms with Crippen molar-refractivity contribution >= 4 is 38.2 Å². The second kappa shape index (κ2) is 5.83. The van der Waals surface area contributed by atoms with Gasteiger partial charge in [0.05, 0.1) is 5.92 Å². The van der Waals surface area contributed by atoms with Gasteiger partial charge in [-0.05, 0) is 62.3 Å². The van der Waals surface area contributed by atoms with Crippen LogP contribution in [0.5, 0.6) is 0 Å². The molecule has 0 fully saturated rings. The molecule has 3 nitrogen and oxygen atoms in total. The third-order valence-electron chi connectivity index (χ3n) is 5.63. The number of hydrogen-bond acceptors (Lipinski definition) is 3. The smallest absolute Gasteiger partial charge is 0.169 e. The van der Waals surface area contributed by atoms with E-state index in [1.807, 2.05) is 24.3 Å². The van der Waals surface area contributed by atoms with Gasteiger partial charge in [0.1, 0.15) is 5.76 Å². The molecule has 3 aromatic rings. The Hall–Kier alpha value is -2.33. The third kappa shape index (κ3) is 2.66. The van der Waals surface area contributed by atoms with E-state index in [1.165, 1.54) is 5.39 Å². The summed E-state index contributed by atoms with van der Waals surface area (Å²) < 4.78 is 6.66. The molecule has 1 aliphatic heterocycles. The fourth-order valence-electron chi connectivity index (χ4n) is 4.57. The van der Waals surface area contributed by atoms with Crippen LogP contribution in [0.25, 0.3) is 10.8 Å². The number of furan rings is 1. The van der Waals surface area contributed by atoms with Crippen LogP contribution < -0.4 is 5.32 Å². The number of ketones is 1. The van der Waals surface area contributed by atoms with Crippen LogP contribution in [0.2, 0.25) is 0 Å². The molecule has 1 unspecified atom stereocenters. The van der Waals surface area contributed by atoms with Gasteiger partial charge >= 0.3 is 0 Å². The van der Waals surface area contributed by atoms with Crippen LogP contribution in [0.15, 0.2) is 68.9 Å². The first-order valence-electron chi connectivity index (χ1n) is 9.23. The second-order valence-corrected chi connectivity index (χ2v) is 9.06. The van der Waals surface area contributed by atoms with E-state index in [-0.39, 0.29) is 17.1 Å². The number of carbonyl (C=O) groups excluding carboxylic acids is 1. The molecule has 1 aromatic heterocycles. The fraction of sp³-hybridized carbons (Fsp3) is 0.261. The van der Waals surface area contributed by atoms with Crippen molar-refractivity contribution in [2.45, 2.75) is 32.6 Å². The molecule has 1 atom stereocenters. The molecule has 0 bridgehead atoms. The minimum atomic E-state index is -0.183. The van der Waals surface area contributed by atoms with Crippen LogP contribution in [-0.2, 0) is 4.79 Å². The highest BCUT2D eigenvalue weighted by Gasteiger charge is 2.42. The van der Waals surface area contributed by atoms with Crippen LogP contribution in [0, 0.1) is 5.41 Å². The molecular weight excluding hydrogens is 402 g/mol. The number of benzene rings is 2. The number of anilines is 1. The minimum absolute atomic E-state index is 0.0361. The lowest BCUT2D eigenvalue weighted by atomic mass is 9.69. The van der Waals surface area contributed by atoms with Gasteiger partial charge in [0.15, 0.2) is 10.5 Å². The van der Waals surface area contributed by atoms with Gasteiger partial charge in [-0.25, -0.2) is 0 Å². The van der Waals surface area contributed by atoms with Gasteiger partial charge in [-0.1, -0.05) is 44.2 Å². The Kier molecular flexibility index (Phi) is 3.63. The first kappa shape index (κ1) is 16.8. The molecule has 1 N–H and O–H groups in total. The third-order valence-corrected chi connectivity index (χ3v) is 6.06. The van der Waals surface area contributed by atoms with Crippen LogP contribution in [0.4, 0.5) is 5.69 Å². The Morgan fingerprint density at radius 2 is 1.89 bits per heavy atom. The largest absolute Gasteiger partial charge is 0.453 e. The molecule has 2 aromatic carbocycles. The van der Waals surface area contributed by atoms with Gasteiger partial charge in [-0.15, -0.1) is 0 Å². The Balaban J connectivity index is 1.82. The highest BCUT2D eigenvalue weighted by atomic mass is 79.9. The van der Waals surface area contributed by atoms with Crippen molar-refractivity contribution in [2.75, 3.05) is 5.32 Å². The summed E-state index contributed by atoms with van der Waals surface area (Å²) in [5.41, 5.74) is 4.06. The van der Waals surface area contributed by atoms with Crippen molar-refractivity contribution in [3.63, 3.8) is 0 Å². The van der Waals surface area contributed by atoms with E-state index in [0.717, 1.165) is 40.1 Å². The Morgan fingerprint density at radius 3 is 2.67 bits per heavy atom. The topological polar surface area (TPSA) is 42.2 Å². The summed E-state index contributed by atoms with van der Waals surface area (Å²) in [6.07, 6.45) is 1.42. The molecule has 2 aliphatic rings. The van der Waals surface area contributed by atoms with E-state index >= 15 is 0 Å². The van der Waals surface area contributed by atoms with E-state index in [2.05, 4.69) is 59.4 Å². The number of nitrogens with one attached hydrogen (secondary N) is 1. The van der Waals surface area contributed by atoms with Crippen molar-refractivity contribution in [1.29, 1.82) is 0 Å². The molecular formula is C23H20BrNO2. The molecule has 0 saturated heterocycles. The molecule has 136 valence electrons. The van der Waals surface area contributed by atoms with Gasteiger partial charge in [0, 0.05) is 23.4 Å². The first-order chi connectivity index (χ1) is 12.9. The Morgan fingerprint density at radius 1 is 1.07 bits per heavy atom. The molecule has 4 heteroatoms. The summed E-state index contributed by atoms with van der Waals surface area (Å²) in [6, 6.07) is 16.5. The number of rotatable bonds is 1. The molecule has 0 saturated carbocycles. The van der Waals surface area contributed by atoms with Crippen molar-refractivity contribution in [1.82, 2.24) is 0 Å². The van der Waals surface area contributed by atoms with Gasteiger partial charge in [0.2, 0.25) is 0 Å². The lowest BCUT2D eigenvalue weighted by Crippen LogP contribution is -2.33. The average molecular weight is 422 g/mol. The zero-order chi connectivity index (χ0) is 18.8. The van der Waals surface area contributed by atoms with Gasteiger partial charge < -0.3 is 9.73 Å². The number of halogens is 1. The normalized spacial score (nSPS) is 21.0. The van der Waals surface area contributed by atoms with Crippen LogP contribution >= 0.6 is 15.9 Å². The maximum absolute atomic E-state index is 13.2. The first-order valence-corrected chi connectivity index (χ1v) is 10.0. The van der Waals surface area contributed by atoms with E-state index in [4.69, 9.17) is 4.42 Å². The van der Waals surface area contributed by atoms with Crippen molar-refractivity contribution in [3.8, 4) is 0 Å². The molecule has 27 heavy (non-hydrogen) atoms. The van der Waals surface area contributed by atoms with Crippen LogP contribution in [-0.4, -0.2) is 5.78 Å².